The Morgan fingerprint density at radius 2 is 2.00 bits per heavy atom. The quantitative estimate of drug-likeness (QED) is 0.407. The SMILES string of the molecule is CC(C)NCc1ccc(NN=C(C#N)C#N)cc1S(=O)(=O)O. The Kier molecular flexibility index (Phi) is 6.01. The van der Waals surface area contributed by atoms with Crippen LogP contribution in [0.15, 0.2) is 28.2 Å². The zero-order valence-electron chi connectivity index (χ0n) is 12.0. The number of hydrazone groups is 1. The zero-order chi connectivity index (χ0) is 16.8. The van der Waals surface area contributed by atoms with Gasteiger partial charge in [0.15, 0.2) is 0 Å². The van der Waals surface area contributed by atoms with Gasteiger partial charge in [-0.2, -0.15) is 24.0 Å². The maximum atomic E-state index is 11.5. The second-order valence-corrected chi connectivity index (χ2v) is 6.02. The van der Waals surface area contributed by atoms with Gasteiger partial charge >= 0.3 is 0 Å². The van der Waals surface area contributed by atoms with Crippen LogP contribution < -0.4 is 10.7 Å². The van der Waals surface area contributed by atoms with Crippen molar-refractivity contribution in [3.63, 3.8) is 0 Å². The summed E-state index contributed by atoms with van der Waals surface area (Å²) in [5.74, 6) is 0. The average Bonchev–Trinajstić information content (AvgIpc) is 2.45. The van der Waals surface area contributed by atoms with Crippen LogP contribution in [0.3, 0.4) is 0 Å². The van der Waals surface area contributed by atoms with Gasteiger partial charge < -0.3 is 5.32 Å². The van der Waals surface area contributed by atoms with E-state index in [4.69, 9.17) is 10.5 Å². The first kappa shape index (κ1) is 17.6. The smallest absolute Gasteiger partial charge is 0.294 e. The van der Waals surface area contributed by atoms with Crippen LogP contribution in [-0.2, 0) is 16.7 Å². The fraction of sp³-hybridized carbons (Fsp3) is 0.308. The van der Waals surface area contributed by atoms with Crippen LogP contribution in [0.1, 0.15) is 19.4 Å². The molecule has 1 aromatic rings. The summed E-state index contributed by atoms with van der Waals surface area (Å²) in [6, 6.07) is 7.48. The number of nitrogens with one attached hydrogen (secondary N) is 2. The maximum absolute atomic E-state index is 11.5. The minimum atomic E-state index is -4.41. The molecule has 0 fully saturated rings. The van der Waals surface area contributed by atoms with E-state index in [0.717, 1.165) is 0 Å². The summed E-state index contributed by atoms with van der Waals surface area (Å²) in [5, 5.41) is 23.7. The number of hydrogen-bond acceptors (Lipinski definition) is 7. The molecule has 1 rings (SSSR count). The van der Waals surface area contributed by atoms with Gasteiger partial charge in [0, 0.05) is 12.6 Å². The van der Waals surface area contributed by atoms with E-state index < -0.39 is 15.8 Å². The highest BCUT2D eigenvalue weighted by molar-refractivity contribution is 7.85. The molecule has 0 unspecified atom stereocenters. The zero-order valence-corrected chi connectivity index (χ0v) is 12.8. The predicted molar refractivity (Wildman–Crippen MR) is 80.5 cm³/mol. The molecule has 0 radical (unpaired) electrons. The molecule has 1 aromatic carbocycles. The fourth-order valence-corrected chi connectivity index (χ4v) is 2.27. The van der Waals surface area contributed by atoms with E-state index in [-0.39, 0.29) is 23.2 Å². The molecular weight excluding hydrogens is 306 g/mol. The second-order valence-electron chi connectivity index (χ2n) is 4.63. The Hall–Kier alpha value is -2.46. The van der Waals surface area contributed by atoms with Crippen LogP contribution in [0.25, 0.3) is 0 Å². The van der Waals surface area contributed by atoms with Crippen LogP contribution in [0.5, 0.6) is 0 Å². The van der Waals surface area contributed by atoms with Crippen LogP contribution in [0.4, 0.5) is 5.69 Å². The van der Waals surface area contributed by atoms with Crippen molar-refractivity contribution in [2.45, 2.75) is 31.3 Å². The van der Waals surface area contributed by atoms with Crippen molar-refractivity contribution in [2.24, 2.45) is 5.10 Å². The van der Waals surface area contributed by atoms with E-state index in [0.29, 0.717) is 5.56 Å². The molecule has 22 heavy (non-hydrogen) atoms. The molecule has 0 bridgehead atoms. The van der Waals surface area contributed by atoms with E-state index in [1.807, 2.05) is 13.8 Å². The van der Waals surface area contributed by atoms with Crippen molar-refractivity contribution in [2.75, 3.05) is 5.43 Å². The Labute approximate surface area is 128 Å². The van der Waals surface area contributed by atoms with Gasteiger partial charge in [0.1, 0.15) is 17.0 Å². The Morgan fingerprint density at radius 1 is 1.36 bits per heavy atom. The molecule has 9 heteroatoms. The number of hydrogen-bond donors (Lipinski definition) is 3. The highest BCUT2D eigenvalue weighted by Crippen LogP contribution is 2.21. The van der Waals surface area contributed by atoms with Crippen molar-refractivity contribution in [3.8, 4) is 12.1 Å². The highest BCUT2D eigenvalue weighted by atomic mass is 32.2. The lowest BCUT2D eigenvalue weighted by atomic mass is 10.2. The number of nitrogens with zero attached hydrogens (tertiary/aromatic N) is 3. The standard InChI is InChI=1S/C13H15N5O3S/c1-9(2)16-8-10-3-4-11(5-13(10)22(19,20)21)17-18-12(6-14)7-15/h3-5,9,16-17H,8H2,1-2H3,(H,19,20,21). The average molecular weight is 321 g/mol. The van der Waals surface area contributed by atoms with E-state index >= 15 is 0 Å². The summed E-state index contributed by atoms with van der Waals surface area (Å²) in [6.45, 7) is 4.07. The second kappa shape index (κ2) is 7.52. The number of rotatable bonds is 6. The molecule has 0 saturated heterocycles. The summed E-state index contributed by atoms with van der Waals surface area (Å²) >= 11 is 0. The minimum Gasteiger partial charge on any atom is -0.310 e. The number of nitriles is 2. The summed E-state index contributed by atoms with van der Waals surface area (Å²) in [7, 11) is -4.41. The van der Waals surface area contributed by atoms with Crippen molar-refractivity contribution < 1.29 is 13.0 Å². The van der Waals surface area contributed by atoms with Gasteiger partial charge in [-0.3, -0.25) is 9.98 Å². The normalized spacial score (nSPS) is 10.6. The van der Waals surface area contributed by atoms with E-state index in [1.165, 1.54) is 18.2 Å². The maximum Gasteiger partial charge on any atom is 0.294 e. The van der Waals surface area contributed by atoms with Crippen LogP contribution >= 0.6 is 0 Å². The molecule has 0 saturated carbocycles. The topological polar surface area (TPSA) is 138 Å². The first-order chi connectivity index (χ1) is 10.3. The molecule has 0 heterocycles. The largest absolute Gasteiger partial charge is 0.310 e. The first-order valence-corrected chi connectivity index (χ1v) is 7.69. The third-order valence-corrected chi connectivity index (χ3v) is 3.49. The van der Waals surface area contributed by atoms with Gasteiger partial charge in [-0.15, -0.1) is 0 Å². The lowest BCUT2D eigenvalue weighted by Gasteiger charge is -2.12. The Morgan fingerprint density at radius 3 is 2.50 bits per heavy atom. The molecule has 0 atom stereocenters. The number of benzene rings is 1. The van der Waals surface area contributed by atoms with Gasteiger partial charge in [0.2, 0.25) is 5.71 Å². The summed E-state index contributed by atoms with van der Waals surface area (Å²) < 4.78 is 32.2. The predicted octanol–water partition coefficient (Wildman–Crippen LogP) is 1.25. The van der Waals surface area contributed by atoms with Crippen LogP contribution in [0.2, 0.25) is 0 Å². The Bertz CT molecular complexity index is 741. The third-order valence-electron chi connectivity index (χ3n) is 2.55. The molecule has 0 aliphatic rings. The lowest BCUT2D eigenvalue weighted by molar-refractivity contribution is 0.480. The molecule has 0 aliphatic carbocycles. The van der Waals surface area contributed by atoms with Gasteiger partial charge in [-0.1, -0.05) is 19.9 Å². The molecule has 0 aliphatic heterocycles. The van der Waals surface area contributed by atoms with Crippen molar-refractivity contribution >= 4 is 21.5 Å². The van der Waals surface area contributed by atoms with E-state index in [1.54, 1.807) is 12.1 Å². The molecule has 0 spiro atoms. The molecule has 8 nitrogen and oxygen atoms in total. The summed E-state index contributed by atoms with van der Waals surface area (Å²) in [4.78, 5) is -0.267. The minimum absolute atomic E-state index is 0.144. The Balaban J connectivity index is 3.14. The van der Waals surface area contributed by atoms with Crippen molar-refractivity contribution in [1.29, 1.82) is 10.5 Å². The molecular formula is C13H15N5O3S. The number of anilines is 1. The molecule has 0 amide bonds. The summed E-state index contributed by atoms with van der Waals surface area (Å²) in [6.07, 6.45) is 0. The highest BCUT2D eigenvalue weighted by Gasteiger charge is 2.16. The van der Waals surface area contributed by atoms with E-state index in [9.17, 15) is 13.0 Å². The first-order valence-electron chi connectivity index (χ1n) is 6.25. The molecule has 3 N–H and O–H groups in total. The summed E-state index contributed by atoms with van der Waals surface area (Å²) in [5.41, 5.74) is 2.62. The van der Waals surface area contributed by atoms with Gasteiger partial charge in [-0.25, -0.2) is 0 Å². The van der Waals surface area contributed by atoms with Crippen molar-refractivity contribution in [1.82, 2.24) is 5.32 Å². The third kappa shape index (κ3) is 5.14. The molecule has 0 aromatic heterocycles. The van der Waals surface area contributed by atoms with Crippen LogP contribution in [-0.4, -0.2) is 24.7 Å². The van der Waals surface area contributed by atoms with Gasteiger partial charge in [0.25, 0.3) is 10.1 Å². The van der Waals surface area contributed by atoms with Gasteiger partial charge in [-0.05, 0) is 17.7 Å². The lowest BCUT2D eigenvalue weighted by Crippen LogP contribution is -2.23. The molecule has 116 valence electrons. The van der Waals surface area contributed by atoms with Crippen molar-refractivity contribution in [3.05, 3.63) is 23.8 Å². The van der Waals surface area contributed by atoms with Gasteiger partial charge in [0.05, 0.1) is 5.69 Å². The van der Waals surface area contributed by atoms with Crippen LogP contribution in [0, 0.1) is 22.7 Å². The monoisotopic (exact) mass is 321 g/mol. The van der Waals surface area contributed by atoms with E-state index in [2.05, 4.69) is 15.8 Å². The fourth-order valence-electron chi connectivity index (χ4n) is 1.52.